The number of rotatable bonds is 5. The summed E-state index contributed by atoms with van der Waals surface area (Å²) in [5, 5.41) is 25.3. The Labute approximate surface area is 138 Å². The molecule has 0 fully saturated rings. The van der Waals surface area contributed by atoms with Gasteiger partial charge in [-0.05, 0) is 29.0 Å². The van der Waals surface area contributed by atoms with Crippen molar-refractivity contribution in [3.63, 3.8) is 0 Å². The van der Waals surface area contributed by atoms with Crippen LogP contribution in [0.1, 0.15) is 5.56 Å². The minimum atomic E-state index is 0.135. The van der Waals surface area contributed by atoms with Crippen molar-refractivity contribution in [2.45, 2.75) is 0 Å². The molecule has 0 aliphatic heterocycles. The van der Waals surface area contributed by atoms with Gasteiger partial charge in [0.25, 0.3) is 0 Å². The van der Waals surface area contributed by atoms with Gasteiger partial charge in [0.15, 0.2) is 5.84 Å². The lowest BCUT2D eigenvalue weighted by atomic mass is 10.2. The van der Waals surface area contributed by atoms with Crippen LogP contribution in [0.25, 0.3) is 6.08 Å². The number of anilines is 1. The normalized spacial score (nSPS) is 12.1. The van der Waals surface area contributed by atoms with Crippen LogP contribution in [0.2, 0.25) is 0 Å². The molecule has 0 unspecified atom stereocenters. The van der Waals surface area contributed by atoms with E-state index < -0.39 is 0 Å². The van der Waals surface area contributed by atoms with E-state index in [1.54, 1.807) is 6.08 Å². The molecule has 1 aromatic heterocycles. The third kappa shape index (κ3) is 4.67. The number of tetrazole rings is 1. The molecule has 24 heavy (non-hydrogen) atoms. The van der Waals surface area contributed by atoms with Gasteiger partial charge in [0.2, 0.25) is 0 Å². The first kappa shape index (κ1) is 15.2. The highest BCUT2D eigenvalue weighted by molar-refractivity contribution is 5.97. The van der Waals surface area contributed by atoms with E-state index in [-0.39, 0.29) is 5.95 Å². The lowest BCUT2D eigenvalue weighted by Gasteiger charge is -1.99. The highest BCUT2D eigenvalue weighted by Crippen LogP contribution is 2.07. The van der Waals surface area contributed by atoms with Crippen LogP contribution in [0.15, 0.2) is 82.1 Å². The zero-order valence-corrected chi connectivity index (χ0v) is 12.6. The number of aromatic amines is 1. The molecule has 0 bridgehead atoms. The van der Waals surface area contributed by atoms with E-state index in [9.17, 15) is 0 Å². The molecule has 1 heterocycles. The largest absolute Gasteiger partial charge is 0.307 e. The van der Waals surface area contributed by atoms with Crippen LogP contribution < -0.4 is 5.43 Å². The number of hydrazone groups is 1. The highest BCUT2D eigenvalue weighted by Gasteiger charge is 1.97. The molecule has 0 atom stereocenters. The molecular formula is C16H14N8. The Bertz CT molecular complexity index is 823. The van der Waals surface area contributed by atoms with Crippen molar-refractivity contribution in [2.24, 2.45) is 15.3 Å². The van der Waals surface area contributed by atoms with Gasteiger partial charge in [-0.15, -0.1) is 15.3 Å². The van der Waals surface area contributed by atoms with Crippen molar-refractivity contribution in [3.8, 4) is 0 Å². The van der Waals surface area contributed by atoms with Gasteiger partial charge in [-0.25, -0.2) is 0 Å². The van der Waals surface area contributed by atoms with Crippen LogP contribution in [0.5, 0.6) is 0 Å². The predicted molar refractivity (Wildman–Crippen MR) is 91.7 cm³/mol. The summed E-state index contributed by atoms with van der Waals surface area (Å²) in [6.07, 6.45) is 3.63. The molecule has 3 aromatic rings. The number of benzene rings is 2. The fourth-order valence-electron chi connectivity index (χ4n) is 1.76. The summed E-state index contributed by atoms with van der Waals surface area (Å²) in [5.41, 5.74) is 4.80. The van der Waals surface area contributed by atoms with Crippen molar-refractivity contribution in [2.75, 3.05) is 5.43 Å². The van der Waals surface area contributed by atoms with Crippen molar-refractivity contribution < 1.29 is 0 Å². The van der Waals surface area contributed by atoms with Crippen LogP contribution in [-0.4, -0.2) is 26.5 Å². The summed E-state index contributed by atoms with van der Waals surface area (Å²) in [7, 11) is 0. The maximum atomic E-state index is 4.24. The van der Waals surface area contributed by atoms with E-state index in [2.05, 4.69) is 41.4 Å². The van der Waals surface area contributed by atoms with Crippen molar-refractivity contribution in [1.29, 1.82) is 0 Å². The number of amidine groups is 1. The first-order valence-electron chi connectivity index (χ1n) is 7.17. The second kappa shape index (κ2) is 8.08. The number of hydrogen-bond donors (Lipinski definition) is 2. The van der Waals surface area contributed by atoms with E-state index in [0.717, 1.165) is 11.3 Å². The molecule has 118 valence electrons. The Hall–Kier alpha value is -3.68. The standard InChI is InChI=1S/C16H14N8/c1-3-7-13(8-4-1)11-12-15(19-20-16-21-23-24-22-16)18-17-14-9-5-2-6-10-14/h1-12,17H,(H,21,22,23,24). The van der Waals surface area contributed by atoms with Gasteiger partial charge in [0, 0.05) is 0 Å². The lowest BCUT2D eigenvalue weighted by molar-refractivity contribution is 0.881. The summed E-state index contributed by atoms with van der Waals surface area (Å²) < 4.78 is 0. The summed E-state index contributed by atoms with van der Waals surface area (Å²) in [6, 6.07) is 19.4. The second-order valence-corrected chi connectivity index (χ2v) is 4.60. The van der Waals surface area contributed by atoms with E-state index in [1.807, 2.05) is 66.7 Å². The fraction of sp³-hybridized carbons (Fsp3) is 0. The van der Waals surface area contributed by atoms with Crippen molar-refractivity contribution in [3.05, 3.63) is 72.3 Å². The number of para-hydroxylation sites is 1. The molecule has 3 rings (SSSR count). The van der Waals surface area contributed by atoms with E-state index in [0.29, 0.717) is 5.84 Å². The first-order chi connectivity index (χ1) is 11.9. The van der Waals surface area contributed by atoms with Gasteiger partial charge in [-0.3, -0.25) is 5.43 Å². The van der Waals surface area contributed by atoms with Gasteiger partial charge < -0.3 is 0 Å². The maximum absolute atomic E-state index is 4.24. The average Bonchev–Trinajstić information content (AvgIpc) is 3.16. The summed E-state index contributed by atoms with van der Waals surface area (Å²) >= 11 is 0. The Morgan fingerprint density at radius 1 is 1.00 bits per heavy atom. The quantitative estimate of drug-likeness (QED) is 0.325. The molecule has 8 nitrogen and oxygen atoms in total. The minimum Gasteiger partial charge on any atom is -0.276 e. The SMILES string of the molecule is C(=Cc1ccccc1)C(N=Nc1nn[nH]n1)=NNc1ccccc1. The fourth-order valence-corrected chi connectivity index (χ4v) is 1.76. The third-order valence-electron chi connectivity index (χ3n) is 2.87. The number of aromatic nitrogens is 4. The molecule has 0 radical (unpaired) electrons. The molecule has 0 aliphatic rings. The average molecular weight is 318 g/mol. The van der Waals surface area contributed by atoms with Crippen LogP contribution in [-0.2, 0) is 0 Å². The Kier molecular flexibility index (Phi) is 5.13. The molecule has 2 aromatic carbocycles. The second-order valence-electron chi connectivity index (χ2n) is 4.60. The van der Waals surface area contributed by atoms with Crippen LogP contribution in [0.4, 0.5) is 11.6 Å². The Morgan fingerprint density at radius 3 is 2.46 bits per heavy atom. The predicted octanol–water partition coefficient (Wildman–Crippen LogP) is 3.42. The molecule has 0 saturated carbocycles. The Balaban J connectivity index is 1.78. The molecule has 0 amide bonds. The zero-order chi connectivity index (χ0) is 16.5. The summed E-state index contributed by atoms with van der Waals surface area (Å²) in [5.74, 6) is 0.503. The molecule has 2 N–H and O–H groups in total. The first-order valence-corrected chi connectivity index (χ1v) is 7.17. The number of hydrogen-bond acceptors (Lipinski definition) is 6. The van der Waals surface area contributed by atoms with Crippen molar-refractivity contribution >= 4 is 23.5 Å². The number of H-pyrrole nitrogens is 1. The van der Waals surface area contributed by atoms with E-state index >= 15 is 0 Å². The maximum Gasteiger partial charge on any atom is 0.307 e. The molecule has 0 saturated heterocycles. The number of azo groups is 1. The van der Waals surface area contributed by atoms with Gasteiger partial charge in [0.1, 0.15) is 0 Å². The molecular weight excluding hydrogens is 304 g/mol. The monoisotopic (exact) mass is 318 g/mol. The van der Waals surface area contributed by atoms with Gasteiger partial charge in [0.05, 0.1) is 5.69 Å². The summed E-state index contributed by atoms with van der Waals surface area (Å²) in [4.78, 5) is 0. The van der Waals surface area contributed by atoms with E-state index in [1.165, 1.54) is 0 Å². The smallest absolute Gasteiger partial charge is 0.276 e. The minimum absolute atomic E-state index is 0.135. The molecule has 0 aliphatic carbocycles. The highest BCUT2D eigenvalue weighted by atomic mass is 15.5. The lowest BCUT2D eigenvalue weighted by Crippen LogP contribution is -1.95. The van der Waals surface area contributed by atoms with Crippen molar-refractivity contribution in [1.82, 2.24) is 20.6 Å². The Morgan fingerprint density at radius 2 is 1.75 bits per heavy atom. The molecule has 8 heteroatoms. The van der Waals surface area contributed by atoms with Gasteiger partial charge >= 0.3 is 5.95 Å². The third-order valence-corrected chi connectivity index (χ3v) is 2.87. The van der Waals surface area contributed by atoms with Gasteiger partial charge in [-0.1, -0.05) is 59.7 Å². The van der Waals surface area contributed by atoms with Crippen LogP contribution in [0.3, 0.4) is 0 Å². The summed E-state index contributed by atoms with van der Waals surface area (Å²) in [6.45, 7) is 0. The number of nitrogens with one attached hydrogen (secondary N) is 2. The number of nitrogens with zero attached hydrogens (tertiary/aromatic N) is 6. The van der Waals surface area contributed by atoms with Crippen LogP contribution in [0, 0.1) is 0 Å². The van der Waals surface area contributed by atoms with E-state index in [4.69, 9.17) is 0 Å². The molecule has 0 spiro atoms. The van der Waals surface area contributed by atoms with Gasteiger partial charge in [-0.2, -0.15) is 10.3 Å². The topological polar surface area (TPSA) is 104 Å². The zero-order valence-electron chi connectivity index (χ0n) is 12.6. The van der Waals surface area contributed by atoms with Crippen LogP contribution >= 0.6 is 0 Å².